The van der Waals surface area contributed by atoms with E-state index in [1.165, 1.54) is 5.56 Å². The first-order valence-corrected chi connectivity index (χ1v) is 9.60. The van der Waals surface area contributed by atoms with Crippen molar-refractivity contribution in [3.8, 4) is 0 Å². The van der Waals surface area contributed by atoms with E-state index in [9.17, 15) is 8.42 Å². The van der Waals surface area contributed by atoms with Crippen LogP contribution in [0.2, 0.25) is 0 Å². The van der Waals surface area contributed by atoms with Gasteiger partial charge in [-0.3, -0.25) is 4.31 Å². The quantitative estimate of drug-likeness (QED) is 0.859. The van der Waals surface area contributed by atoms with E-state index in [0.717, 1.165) is 24.1 Å². The molecule has 3 rings (SSSR count). The Balaban J connectivity index is 1.84. The molecule has 0 radical (unpaired) electrons. The fourth-order valence-corrected chi connectivity index (χ4v) is 5.12. The molecule has 0 amide bonds. The van der Waals surface area contributed by atoms with Gasteiger partial charge in [0.25, 0.3) is 0 Å². The normalized spacial score (nSPS) is 22.1. The number of ether oxygens (including phenoxy) is 1. The van der Waals surface area contributed by atoms with E-state index < -0.39 is 10.0 Å². The molecule has 5 heteroatoms. The number of hydrogen-bond acceptors (Lipinski definition) is 3. The van der Waals surface area contributed by atoms with E-state index in [0.29, 0.717) is 19.8 Å². The summed E-state index contributed by atoms with van der Waals surface area (Å²) in [5, 5.41) is 0. The molecule has 1 aromatic carbocycles. The van der Waals surface area contributed by atoms with Gasteiger partial charge < -0.3 is 4.74 Å². The zero-order chi connectivity index (χ0) is 16.0. The van der Waals surface area contributed by atoms with E-state index in [1.807, 2.05) is 6.07 Å². The highest BCUT2D eigenvalue weighted by Crippen LogP contribution is 2.35. The van der Waals surface area contributed by atoms with Crippen molar-refractivity contribution >= 4 is 15.7 Å². The molecule has 2 aliphatic rings. The third-order valence-corrected chi connectivity index (χ3v) is 6.55. The van der Waals surface area contributed by atoms with Crippen molar-refractivity contribution in [3.05, 3.63) is 29.3 Å². The van der Waals surface area contributed by atoms with Gasteiger partial charge in [-0.25, -0.2) is 8.42 Å². The summed E-state index contributed by atoms with van der Waals surface area (Å²) >= 11 is 0. The smallest absolute Gasteiger partial charge is 0.235 e. The molecule has 122 valence electrons. The molecule has 0 spiro atoms. The molecule has 4 nitrogen and oxygen atoms in total. The highest BCUT2D eigenvalue weighted by atomic mass is 32.2. The number of anilines is 1. The Labute approximate surface area is 133 Å². The first kappa shape index (κ1) is 15.8. The standard InChI is InChI=1S/C17H25NO3S/c1-17(2,3)15-4-5-16-14(10-15)6-8-18(16)22(19,20)12-13-7-9-21-11-13/h4-5,10,13H,6-9,11-12H2,1-3H3/t13-/m0/s1. The van der Waals surface area contributed by atoms with Crippen molar-refractivity contribution in [3.63, 3.8) is 0 Å². The van der Waals surface area contributed by atoms with E-state index >= 15 is 0 Å². The number of rotatable bonds is 3. The predicted molar refractivity (Wildman–Crippen MR) is 88.9 cm³/mol. The van der Waals surface area contributed by atoms with Crippen LogP contribution in [0.3, 0.4) is 0 Å². The average Bonchev–Trinajstić information content (AvgIpc) is 3.04. The number of fused-ring (bicyclic) bond motifs is 1. The molecule has 2 aliphatic heterocycles. The Bertz CT molecular complexity index is 655. The van der Waals surface area contributed by atoms with Gasteiger partial charge in [0.1, 0.15) is 0 Å². The number of hydrogen-bond donors (Lipinski definition) is 0. The molecule has 1 saturated heterocycles. The van der Waals surface area contributed by atoms with Crippen LogP contribution in [0, 0.1) is 5.92 Å². The van der Waals surface area contributed by atoms with E-state index in [4.69, 9.17) is 4.74 Å². The Morgan fingerprint density at radius 1 is 1.32 bits per heavy atom. The van der Waals surface area contributed by atoms with Gasteiger partial charge in [-0.1, -0.05) is 32.9 Å². The molecule has 1 atom stereocenters. The summed E-state index contributed by atoms with van der Waals surface area (Å²) < 4.78 is 32.3. The maximum atomic E-state index is 12.7. The maximum absolute atomic E-state index is 12.7. The molecule has 0 aromatic heterocycles. The summed E-state index contributed by atoms with van der Waals surface area (Å²) in [5.74, 6) is 0.343. The summed E-state index contributed by atoms with van der Waals surface area (Å²) in [5.41, 5.74) is 3.36. The second-order valence-corrected chi connectivity index (χ2v) is 9.36. The van der Waals surface area contributed by atoms with Gasteiger partial charge in [-0.15, -0.1) is 0 Å². The lowest BCUT2D eigenvalue weighted by Crippen LogP contribution is -2.34. The van der Waals surface area contributed by atoms with Crippen LogP contribution in [0.25, 0.3) is 0 Å². The van der Waals surface area contributed by atoms with Gasteiger partial charge in [0.2, 0.25) is 10.0 Å². The van der Waals surface area contributed by atoms with Crippen LogP contribution >= 0.6 is 0 Å². The third-order valence-electron chi connectivity index (χ3n) is 4.60. The van der Waals surface area contributed by atoms with Gasteiger partial charge in [0.15, 0.2) is 0 Å². The van der Waals surface area contributed by atoms with Crippen molar-refractivity contribution < 1.29 is 13.2 Å². The number of benzene rings is 1. The zero-order valence-corrected chi connectivity index (χ0v) is 14.4. The van der Waals surface area contributed by atoms with Crippen molar-refractivity contribution in [2.75, 3.05) is 29.8 Å². The van der Waals surface area contributed by atoms with Crippen LogP contribution in [0.5, 0.6) is 0 Å². The molecular formula is C17H25NO3S. The molecule has 0 bridgehead atoms. The van der Waals surface area contributed by atoms with Crippen LogP contribution in [-0.4, -0.2) is 33.9 Å². The van der Waals surface area contributed by atoms with Crippen molar-refractivity contribution in [2.24, 2.45) is 5.92 Å². The summed E-state index contributed by atoms with van der Waals surface area (Å²) in [7, 11) is -3.25. The minimum Gasteiger partial charge on any atom is -0.381 e. The predicted octanol–water partition coefficient (Wildman–Crippen LogP) is 2.71. The highest BCUT2D eigenvalue weighted by molar-refractivity contribution is 7.92. The highest BCUT2D eigenvalue weighted by Gasteiger charge is 2.33. The van der Waals surface area contributed by atoms with Crippen LogP contribution in [-0.2, 0) is 26.6 Å². The molecule has 22 heavy (non-hydrogen) atoms. The first-order chi connectivity index (χ1) is 10.3. The van der Waals surface area contributed by atoms with Crippen LogP contribution < -0.4 is 4.31 Å². The van der Waals surface area contributed by atoms with Crippen LogP contribution in [0.15, 0.2) is 18.2 Å². The average molecular weight is 323 g/mol. The Hall–Kier alpha value is -1.07. The van der Waals surface area contributed by atoms with Crippen LogP contribution in [0.1, 0.15) is 38.3 Å². The van der Waals surface area contributed by atoms with Gasteiger partial charge in [-0.05, 0) is 35.4 Å². The van der Waals surface area contributed by atoms with Gasteiger partial charge in [0.05, 0.1) is 18.0 Å². The minimum atomic E-state index is -3.25. The first-order valence-electron chi connectivity index (χ1n) is 7.99. The SMILES string of the molecule is CC(C)(C)c1ccc2c(c1)CCN2S(=O)(=O)C[C@H]1CCOC1. The van der Waals surface area contributed by atoms with E-state index in [1.54, 1.807) is 4.31 Å². The van der Waals surface area contributed by atoms with Crippen LogP contribution in [0.4, 0.5) is 5.69 Å². The second-order valence-electron chi connectivity index (χ2n) is 7.42. The lowest BCUT2D eigenvalue weighted by atomic mass is 9.86. The number of sulfonamides is 1. The molecule has 0 saturated carbocycles. The summed E-state index contributed by atoms with van der Waals surface area (Å²) in [6, 6.07) is 6.21. The van der Waals surface area contributed by atoms with Crippen molar-refractivity contribution in [1.29, 1.82) is 0 Å². The fraction of sp³-hybridized carbons (Fsp3) is 0.647. The molecule has 1 fully saturated rings. The van der Waals surface area contributed by atoms with Crippen molar-refractivity contribution in [2.45, 2.75) is 39.0 Å². The summed E-state index contributed by atoms with van der Waals surface area (Å²) in [4.78, 5) is 0. The molecule has 1 aromatic rings. The molecule has 0 N–H and O–H groups in total. The molecule has 0 unspecified atom stereocenters. The molecule has 0 aliphatic carbocycles. The monoisotopic (exact) mass is 323 g/mol. The third kappa shape index (κ3) is 3.01. The molecular weight excluding hydrogens is 298 g/mol. The Morgan fingerprint density at radius 2 is 2.09 bits per heavy atom. The van der Waals surface area contributed by atoms with Gasteiger partial charge >= 0.3 is 0 Å². The Kier molecular flexibility index (Phi) is 3.98. The van der Waals surface area contributed by atoms with Gasteiger partial charge in [-0.2, -0.15) is 0 Å². The fourth-order valence-electron chi connectivity index (χ4n) is 3.23. The largest absolute Gasteiger partial charge is 0.381 e. The van der Waals surface area contributed by atoms with E-state index in [2.05, 4.69) is 32.9 Å². The van der Waals surface area contributed by atoms with E-state index in [-0.39, 0.29) is 17.1 Å². The van der Waals surface area contributed by atoms with Crippen molar-refractivity contribution in [1.82, 2.24) is 0 Å². The minimum absolute atomic E-state index is 0.0858. The lowest BCUT2D eigenvalue weighted by molar-refractivity contribution is 0.188. The lowest BCUT2D eigenvalue weighted by Gasteiger charge is -2.23. The summed E-state index contributed by atoms with van der Waals surface area (Å²) in [6.07, 6.45) is 1.66. The zero-order valence-electron chi connectivity index (χ0n) is 13.6. The Morgan fingerprint density at radius 3 is 2.73 bits per heavy atom. The second kappa shape index (κ2) is 5.53. The topological polar surface area (TPSA) is 46.6 Å². The number of nitrogens with zero attached hydrogens (tertiary/aromatic N) is 1. The summed E-state index contributed by atoms with van der Waals surface area (Å²) in [6.45, 7) is 8.36. The molecule has 2 heterocycles. The van der Waals surface area contributed by atoms with Gasteiger partial charge in [0, 0.05) is 19.1 Å². The maximum Gasteiger partial charge on any atom is 0.235 e.